The molecule has 1 fully saturated rings. The second kappa shape index (κ2) is 8.63. The van der Waals surface area contributed by atoms with Gasteiger partial charge in [0.25, 0.3) is 10.0 Å². The number of rotatable bonds is 5. The first-order valence-corrected chi connectivity index (χ1v) is 11.4. The fraction of sp³-hybridized carbons (Fsp3) is 0.409. The zero-order valence-corrected chi connectivity index (χ0v) is 18.4. The van der Waals surface area contributed by atoms with Crippen molar-refractivity contribution in [3.8, 4) is 0 Å². The summed E-state index contributed by atoms with van der Waals surface area (Å²) in [5.41, 5.74) is 1.38. The van der Waals surface area contributed by atoms with Crippen LogP contribution in [0.4, 0.5) is 15.8 Å². The Morgan fingerprint density at radius 3 is 2.07 bits per heavy atom. The highest BCUT2D eigenvalue weighted by molar-refractivity contribution is 7.92. The molecule has 0 atom stereocenters. The quantitative estimate of drug-likeness (QED) is 0.780. The molecule has 0 spiro atoms. The van der Waals surface area contributed by atoms with Crippen molar-refractivity contribution >= 4 is 27.3 Å². The molecule has 0 saturated carbocycles. The number of piperazine rings is 1. The van der Waals surface area contributed by atoms with Crippen LogP contribution in [0.15, 0.2) is 53.4 Å². The summed E-state index contributed by atoms with van der Waals surface area (Å²) in [6, 6.07) is 11.8. The van der Waals surface area contributed by atoms with E-state index in [0.717, 1.165) is 30.9 Å². The molecule has 3 rings (SSSR count). The molecule has 0 unspecified atom stereocenters. The van der Waals surface area contributed by atoms with E-state index in [1.54, 1.807) is 12.1 Å². The van der Waals surface area contributed by atoms with Gasteiger partial charge >= 0.3 is 0 Å². The predicted molar refractivity (Wildman–Crippen MR) is 117 cm³/mol. The van der Waals surface area contributed by atoms with Crippen molar-refractivity contribution in [2.24, 2.45) is 5.41 Å². The number of carbonyl (C=O) groups excluding carboxylic acids is 1. The maximum absolute atomic E-state index is 13.0. The maximum atomic E-state index is 13.0. The molecule has 1 saturated heterocycles. The Kier molecular flexibility index (Phi) is 6.36. The van der Waals surface area contributed by atoms with Gasteiger partial charge in [0, 0.05) is 44.0 Å². The molecule has 1 heterocycles. The first kappa shape index (κ1) is 22.1. The van der Waals surface area contributed by atoms with Crippen LogP contribution in [-0.4, -0.2) is 45.4 Å². The Balaban J connectivity index is 1.59. The molecule has 0 aliphatic carbocycles. The largest absolute Gasteiger partial charge is 0.368 e. The molecule has 0 aromatic heterocycles. The number of anilines is 2. The lowest BCUT2D eigenvalue weighted by Gasteiger charge is -2.37. The van der Waals surface area contributed by atoms with Crippen LogP contribution >= 0.6 is 0 Å². The van der Waals surface area contributed by atoms with Gasteiger partial charge in [-0.1, -0.05) is 20.8 Å². The van der Waals surface area contributed by atoms with Crippen LogP contribution in [-0.2, 0) is 14.8 Å². The van der Waals surface area contributed by atoms with E-state index >= 15 is 0 Å². The predicted octanol–water partition coefficient (Wildman–Crippen LogP) is 3.71. The minimum absolute atomic E-state index is 0.00372. The van der Waals surface area contributed by atoms with Gasteiger partial charge in [-0.3, -0.25) is 9.52 Å². The van der Waals surface area contributed by atoms with Crippen molar-refractivity contribution in [2.45, 2.75) is 32.1 Å². The van der Waals surface area contributed by atoms with Crippen LogP contribution in [0.3, 0.4) is 0 Å². The molecule has 0 radical (unpaired) electrons. The van der Waals surface area contributed by atoms with Crippen LogP contribution in [0.1, 0.15) is 27.2 Å². The molecule has 8 heteroatoms. The lowest BCUT2D eigenvalue weighted by Crippen LogP contribution is -2.49. The summed E-state index contributed by atoms with van der Waals surface area (Å²) < 4.78 is 40.4. The molecule has 162 valence electrons. The third-order valence-electron chi connectivity index (χ3n) is 4.92. The SMILES string of the molecule is CC(C)(C)CC(=O)N1CCN(c2ccc(NS(=O)(=O)c3ccc(F)cc3)cc2)CC1. The van der Waals surface area contributed by atoms with Gasteiger partial charge in [-0.05, 0) is 53.9 Å². The number of sulfonamides is 1. The van der Waals surface area contributed by atoms with Crippen LogP contribution in [0.2, 0.25) is 0 Å². The molecule has 2 aromatic rings. The normalized spacial score (nSPS) is 15.2. The summed E-state index contributed by atoms with van der Waals surface area (Å²) in [4.78, 5) is 16.5. The molecule has 2 aromatic carbocycles. The van der Waals surface area contributed by atoms with Crippen molar-refractivity contribution in [3.63, 3.8) is 0 Å². The van der Waals surface area contributed by atoms with Crippen molar-refractivity contribution in [2.75, 3.05) is 35.8 Å². The summed E-state index contributed by atoms with van der Waals surface area (Å²) in [5, 5.41) is 0. The van der Waals surface area contributed by atoms with E-state index in [1.807, 2.05) is 17.0 Å². The fourth-order valence-corrected chi connectivity index (χ4v) is 4.41. The molecule has 1 amide bonds. The monoisotopic (exact) mass is 433 g/mol. The number of benzene rings is 2. The number of nitrogens with one attached hydrogen (secondary N) is 1. The standard InChI is InChI=1S/C22H28FN3O3S/c1-22(2,3)16-21(27)26-14-12-25(13-15-26)19-8-6-18(7-9-19)24-30(28,29)20-10-4-17(23)5-11-20/h4-11,24H,12-16H2,1-3H3. The van der Waals surface area contributed by atoms with Crippen molar-refractivity contribution in [3.05, 3.63) is 54.3 Å². The Hall–Kier alpha value is -2.61. The second-order valence-electron chi connectivity index (χ2n) is 8.71. The van der Waals surface area contributed by atoms with Crippen molar-refractivity contribution in [1.82, 2.24) is 4.90 Å². The summed E-state index contributed by atoms with van der Waals surface area (Å²) in [5.74, 6) is -0.300. The fourth-order valence-electron chi connectivity index (χ4n) is 3.35. The molecular weight excluding hydrogens is 405 g/mol. The van der Waals surface area contributed by atoms with Crippen LogP contribution in [0.25, 0.3) is 0 Å². The molecule has 1 N–H and O–H groups in total. The highest BCUT2D eigenvalue weighted by Gasteiger charge is 2.25. The van der Waals surface area contributed by atoms with Gasteiger partial charge in [0.1, 0.15) is 5.82 Å². The van der Waals surface area contributed by atoms with Gasteiger partial charge in [-0.25, -0.2) is 12.8 Å². The van der Waals surface area contributed by atoms with Crippen LogP contribution in [0, 0.1) is 11.2 Å². The van der Waals surface area contributed by atoms with Gasteiger partial charge < -0.3 is 9.80 Å². The van der Waals surface area contributed by atoms with E-state index in [0.29, 0.717) is 25.2 Å². The lowest BCUT2D eigenvalue weighted by molar-refractivity contribution is -0.133. The van der Waals surface area contributed by atoms with E-state index in [9.17, 15) is 17.6 Å². The highest BCUT2D eigenvalue weighted by Crippen LogP contribution is 2.24. The number of hydrogen-bond donors (Lipinski definition) is 1. The second-order valence-corrected chi connectivity index (χ2v) is 10.4. The molecular formula is C22H28FN3O3S. The molecule has 1 aliphatic heterocycles. The molecule has 6 nitrogen and oxygen atoms in total. The van der Waals surface area contributed by atoms with E-state index in [4.69, 9.17) is 0 Å². The van der Waals surface area contributed by atoms with Gasteiger partial charge in [0.05, 0.1) is 4.90 Å². The summed E-state index contributed by atoms with van der Waals surface area (Å²) in [6.07, 6.45) is 0.538. The third kappa shape index (κ3) is 5.72. The highest BCUT2D eigenvalue weighted by atomic mass is 32.2. The smallest absolute Gasteiger partial charge is 0.261 e. The minimum atomic E-state index is -3.77. The zero-order valence-electron chi connectivity index (χ0n) is 17.6. The average molecular weight is 434 g/mol. The first-order chi connectivity index (χ1) is 14.0. The third-order valence-corrected chi connectivity index (χ3v) is 6.32. The van der Waals surface area contributed by atoms with Crippen molar-refractivity contribution < 1.29 is 17.6 Å². The van der Waals surface area contributed by atoms with Gasteiger partial charge in [0.2, 0.25) is 5.91 Å². The van der Waals surface area contributed by atoms with Crippen LogP contribution in [0.5, 0.6) is 0 Å². The maximum Gasteiger partial charge on any atom is 0.261 e. The number of halogens is 1. The molecule has 0 bridgehead atoms. The molecule has 30 heavy (non-hydrogen) atoms. The number of amides is 1. The molecule has 1 aliphatic rings. The Bertz CT molecular complexity index is 976. The Morgan fingerprint density at radius 1 is 0.967 bits per heavy atom. The van der Waals surface area contributed by atoms with Crippen LogP contribution < -0.4 is 9.62 Å². The van der Waals surface area contributed by atoms with E-state index in [-0.39, 0.29) is 16.2 Å². The van der Waals surface area contributed by atoms with Crippen molar-refractivity contribution in [1.29, 1.82) is 0 Å². The first-order valence-electron chi connectivity index (χ1n) is 9.95. The number of carbonyl (C=O) groups is 1. The van der Waals surface area contributed by atoms with Gasteiger partial charge in [-0.2, -0.15) is 0 Å². The Labute approximate surface area is 177 Å². The van der Waals surface area contributed by atoms with E-state index in [2.05, 4.69) is 30.4 Å². The Morgan fingerprint density at radius 2 is 1.53 bits per heavy atom. The minimum Gasteiger partial charge on any atom is -0.368 e. The zero-order chi connectivity index (χ0) is 21.9. The average Bonchev–Trinajstić information content (AvgIpc) is 2.67. The van der Waals surface area contributed by atoms with Gasteiger partial charge in [-0.15, -0.1) is 0 Å². The van der Waals surface area contributed by atoms with E-state index < -0.39 is 15.8 Å². The lowest BCUT2D eigenvalue weighted by atomic mass is 9.91. The summed E-state index contributed by atoms with van der Waals surface area (Å²) >= 11 is 0. The summed E-state index contributed by atoms with van der Waals surface area (Å²) in [6.45, 7) is 9.00. The number of hydrogen-bond acceptors (Lipinski definition) is 4. The van der Waals surface area contributed by atoms with Gasteiger partial charge in [0.15, 0.2) is 0 Å². The topological polar surface area (TPSA) is 69.7 Å². The number of nitrogens with zero attached hydrogens (tertiary/aromatic N) is 2. The summed E-state index contributed by atoms with van der Waals surface area (Å²) in [7, 11) is -3.77. The van der Waals surface area contributed by atoms with E-state index in [1.165, 1.54) is 12.1 Å².